The topological polar surface area (TPSA) is 58.3 Å². The minimum atomic E-state index is 0.367. The van der Waals surface area contributed by atoms with Crippen molar-refractivity contribution in [2.45, 2.75) is 31.7 Å². The average Bonchev–Trinajstić information content (AvgIpc) is 2.30. The van der Waals surface area contributed by atoms with Crippen LogP contribution in [0.15, 0.2) is 18.2 Å². The van der Waals surface area contributed by atoms with E-state index in [9.17, 15) is 5.11 Å². The van der Waals surface area contributed by atoms with E-state index in [1.807, 2.05) is 12.1 Å². The predicted molar refractivity (Wildman–Crippen MR) is 65.5 cm³/mol. The van der Waals surface area contributed by atoms with Crippen LogP contribution in [0, 0.1) is 0 Å². The third-order valence-electron chi connectivity index (χ3n) is 3.22. The number of fused-ring (bicyclic) bond motifs is 1. The monoisotopic (exact) mass is 220 g/mol. The Morgan fingerprint density at radius 2 is 2.31 bits per heavy atom. The molecule has 0 heterocycles. The Balaban J connectivity index is 2.09. The standard InChI is InChI=1S/C13H20N2O/c14-7-2-8-15-13-4-1-3-10-5-6-11(16)9-12(10)13/h5-6,9,13,15-16H,1-4,7-8,14H2. The molecule has 1 aliphatic carbocycles. The summed E-state index contributed by atoms with van der Waals surface area (Å²) in [6, 6.07) is 6.11. The molecule has 0 aromatic heterocycles. The van der Waals surface area contributed by atoms with E-state index in [4.69, 9.17) is 5.73 Å². The number of hydrogen-bond donors (Lipinski definition) is 3. The third kappa shape index (κ3) is 2.54. The first kappa shape index (κ1) is 11.4. The van der Waals surface area contributed by atoms with Gasteiger partial charge in [0.05, 0.1) is 0 Å². The second kappa shape index (κ2) is 5.32. The average molecular weight is 220 g/mol. The highest BCUT2D eigenvalue weighted by atomic mass is 16.3. The van der Waals surface area contributed by atoms with Crippen LogP contribution in [0.4, 0.5) is 0 Å². The van der Waals surface area contributed by atoms with Crippen LogP contribution in [0.1, 0.15) is 36.4 Å². The molecule has 0 radical (unpaired) electrons. The summed E-state index contributed by atoms with van der Waals surface area (Å²) in [6.07, 6.45) is 4.51. The van der Waals surface area contributed by atoms with Crippen molar-refractivity contribution < 1.29 is 5.11 Å². The molecule has 0 aliphatic heterocycles. The maximum atomic E-state index is 9.53. The van der Waals surface area contributed by atoms with E-state index in [1.54, 1.807) is 6.07 Å². The summed E-state index contributed by atoms with van der Waals surface area (Å²) in [5, 5.41) is 13.0. The Morgan fingerprint density at radius 1 is 1.44 bits per heavy atom. The fourth-order valence-corrected chi connectivity index (χ4v) is 2.38. The molecule has 0 spiro atoms. The molecule has 2 rings (SSSR count). The molecule has 1 atom stereocenters. The Kier molecular flexibility index (Phi) is 3.80. The van der Waals surface area contributed by atoms with Gasteiger partial charge in [0, 0.05) is 6.04 Å². The van der Waals surface area contributed by atoms with Gasteiger partial charge in [0.25, 0.3) is 0 Å². The van der Waals surface area contributed by atoms with Crippen LogP contribution >= 0.6 is 0 Å². The minimum Gasteiger partial charge on any atom is -0.508 e. The van der Waals surface area contributed by atoms with E-state index in [0.29, 0.717) is 11.8 Å². The van der Waals surface area contributed by atoms with E-state index in [1.165, 1.54) is 17.5 Å². The first-order valence-electron chi connectivity index (χ1n) is 6.06. The first-order chi connectivity index (χ1) is 7.81. The summed E-state index contributed by atoms with van der Waals surface area (Å²) in [6.45, 7) is 1.68. The molecule has 1 aromatic carbocycles. The van der Waals surface area contributed by atoms with E-state index >= 15 is 0 Å². The maximum Gasteiger partial charge on any atom is 0.115 e. The highest BCUT2D eigenvalue weighted by molar-refractivity contribution is 5.38. The van der Waals surface area contributed by atoms with Crippen molar-refractivity contribution in [3.8, 4) is 5.75 Å². The van der Waals surface area contributed by atoms with Gasteiger partial charge < -0.3 is 16.2 Å². The summed E-state index contributed by atoms with van der Waals surface area (Å²) in [5.41, 5.74) is 8.12. The van der Waals surface area contributed by atoms with Crippen LogP contribution in [0.3, 0.4) is 0 Å². The van der Waals surface area contributed by atoms with Gasteiger partial charge in [-0.05, 0) is 62.0 Å². The van der Waals surface area contributed by atoms with Crippen molar-refractivity contribution in [1.29, 1.82) is 0 Å². The minimum absolute atomic E-state index is 0.367. The van der Waals surface area contributed by atoms with Crippen LogP contribution in [0.5, 0.6) is 5.75 Å². The number of hydrogen-bond acceptors (Lipinski definition) is 3. The zero-order valence-corrected chi connectivity index (χ0v) is 9.58. The number of rotatable bonds is 4. The normalized spacial score (nSPS) is 19.4. The van der Waals surface area contributed by atoms with Gasteiger partial charge in [-0.2, -0.15) is 0 Å². The molecule has 1 unspecified atom stereocenters. The molecule has 0 fully saturated rings. The summed E-state index contributed by atoms with van der Waals surface area (Å²) < 4.78 is 0. The molecule has 1 aromatic rings. The number of phenols is 1. The molecule has 0 saturated heterocycles. The summed E-state index contributed by atoms with van der Waals surface area (Å²) >= 11 is 0. The van der Waals surface area contributed by atoms with Gasteiger partial charge in [0.1, 0.15) is 5.75 Å². The number of nitrogens with one attached hydrogen (secondary N) is 1. The van der Waals surface area contributed by atoms with Gasteiger partial charge in [0.15, 0.2) is 0 Å². The van der Waals surface area contributed by atoms with Crippen molar-refractivity contribution in [3.05, 3.63) is 29.3 Å². The maximum absolute atomic E-state index is 9.53. The summed E-state index contributed by atoms with van der Waals surface area (Å²) in [4.78, 5) is 0. The van der Waals surface area contributed by atoms with Crippen molar-refractivity contribution in [1.82, 2.24) is 5.32 Å². The van der Waals surface area contributed by atoms with Crippen molar-refractivity contribution in [3.63, 3.8) is 0 Å². The van der Waals surface area contributed by atoms with Crippen LogP contribution < -0.4 is 11.1 Å². The van der Waals surface area contributed by atoms with Gasteiger partial charge in [-0.1, -0.05) is 6.07 Å². The number of benzene rings is 1. The zero-order valence-electron chi connectivity index (χ0n) is 9.58. The fraction of sp³-hybridized carbons (Fsp3) is 0.538. The molecular weight excluding hydrogens is 200 g/mol. The van der Waals surface area contributed by atoms with E-state index in [2.05, 4.69) is 5.32 Å². The highest BCUT2D eigenvalue weighted by Crippen LogP contribution is 2.31. The Hall–Kier alpha value is -1.06. The number of phenolic OH excluding ortho intramolecular Hbond substituents is 1. The third-order valence-corrected chi connectivity index (χ3v) is 3.22. The van der Waals surface area contributed by atoms with Crippen LogP contribution in [0.25, 0.3) is 0 Å². The van der Waals surface area contributed by atoms with Crippen molar-refractivity contribution in [2.75, 3.05) is 13.1 Å². The lowest BCUT2D eigenvalue weighted by molar-refractivity contribution is 0.445. The van der Waals surface area contributed by atoms with E-state index in [-0.39, 0.29) is 0 Å². The highest BCUT2D eigenvalue weighted by Gasteiger charge is 2.19. The van der Waals surface area contributed by atoms with Gasteiger partial charge in [-0.3, -0.25) is 0 Å². The van der Waals surface area contributed by atoms with Gasteiger partial charge in [-0.15, -0.1) is 0 Å². The molecule has 0 amide bonds. The van der Waals surface area contributed by atoms with Gasteiger partial charge >= 0.3 is 0 Å². The molecular formula is C13H20N2O. The fourth-order valence-electron chi connectivity index (χ4n) is 2.38. The predicted octanol–water partition coefficient (Wildman–Crippen LogP) is 1.71. The lowest BCUT2D eigenvalue weighted by atomic mass is 9.87. The number of nitrogens with two attached hydrogens (primary N) is 1. The van der Waals surface area contributed by atoms with Gasteiger partial charge in [0.2, 0.25) is 0 Å². The zero-order chi connectivity index (χ0) is 11.4. The van der Waals surface area contributed by atoms with E-state index in [0.717, 1.165) is 32.4 Å². The lowest BCUT2D eigenvalue weighted by Crippen LogP contribution is -2.27. The number of aryl methyl sites for hydroxylation is 1. The molecule has 3 heteroatoms. The Morgan fingerprint density at radius 3 is 3.12 bits per heavy atom. The molecule has 88 valence electrons. The quantitative estimate of drug-likeness (QED) is 0.677. The molecule has 16 heavy (non-hydrogen) atoms. The van der Waals surface area contributed by atoms with Gasteiger partial charge in [-0.25, -0.2) is 0 Å². The Bertz CT molecular complexity index is 352. The molecule has 3 nitrogen and oxygen atoms in total. The Labute approximate surface area is 96.7 Å². The summed E-state index contributed by atoms with van der Waals surface area (Å²) in [7, 11) is 0. The molecule has 0 bridgehead atoms. The smallest absolute Gasteiger partial charge is 0.115 e. The van der Waals surface area contributed by atoms with Crippen molar-refractivity contribution in [2.24, 2.45) is 5.73 Å². The largest absolute Gasteiger partial charge is 0.508 e. The van der Waals surface area contributed by atoms with E-state index < -0.39 is 0 Å². The summed E-state index contributed by atoms with van der Waals surface area (Å²) in [5.74, 6) is 0.367. The SMILES string of the molecule is NCCCNC1CCCc2ccc(O)cc21. The van der Waals surface area contributed by atoms with Crippen LogP contribution in [-0.4, -0.2) is 18.2 Å². The first-order valence-corrected chi connectivity index (χ1v) is 6.06. The van der Waals surface area contributed by atoms with Crippen molar-refractivity contribution >= 4 is 0 Å². The number of aromatic hydroxyl groups is 1. The molecule has 0 saturated carbocycles. The molecule has 4 N–H and O–H groups in total. The second-order valence-electron chi connectivity index (χ2n) is 4.42. The van der Waals surface area contributed by atoms with Crippen LogP contribution in [0.2, 0.25) is 0 Å². The van der Waals surface area contributed by atoms with Crippen LogP contribution in [-0.2, 0) is 6.42 Å². The molecule has 1 aliphatic rings. The lowest BCUT2D eigenvalue weighted by Gasteiger charge is -2.26. The second-order valence-corrected chi connectivity index (χ2v) is 4.42.